The molecule has 3 amide bonds. The van der Waals surface area contributed by atoms with Gasteiger partial charge in [-0.1, -0.05) is 18.2 Å². The van der Waals surface area contributed by atoms with Crippen LogP contribution in [0, 0.1) is 0 Å². The molecule has 2 N–H and O–H groups in total. The van der Waals surface area contributed by atoms with E-state index in [2.05, 4.69) is 4.28 Å². The van der Waals surface area contributed by atoms with E-state index in [0.29, 0.717) is 24.4 Å². The van der Waals surface area contributed by atoms with Crippen LogP contribution in [0.3, 0.4) is 0 Å². The first-order chi connectivity index (χ1) is 11.3. The fraction of sp³-hybridized carbons (Fsp3) is 0.429. The molecule has 0 radical (unpaired) electrons. The van der Waals surface area contributed by atoms with E-state index in [0.717, 1.165) is 13.5 Å². The Bertz CT molecular complexity index is 694. The van der Waals surface area contributed by atoms with E-state index in [-0.39, 0.29) is 5.75 Å². The van der Waals surface area contributed by atoms with Crippen LogP contribution in [0.2, 0.25) is 0 Å². The highest BCUT2D eigenvalue weighted by molar-refractivity contribution is 7.82. The first-order valence-corrected chi connectivity index (χ1v) is 8.66. The normalized spacial score (nSPS) is 18.0. The molecule has 9 nitrogen and oxygen atoms in total. The number of hydrogen-bond donors (Lipinski definition) is 1. The fourth-order valence-corrected chi connectivity index (χ4v) is 3.13. The molecule has 1 aromatic carbocycles. The molecule has 0 saturated carbocycles. The number of nitrogens with zero attached hydrogens (tertiary/aromatic N) is 2. The maximum Gasteiger partial charge on any atom is 0.470 e. The molecule has 1 heterocycles. The average molecular weight is 357 g/mol. The van der Waals surface area contributed by atoms with Gasteiger partial charge in [-0.3, -0.25) is 4.79 Å². The number of urea groups is 1. The Morgan fingerprint density at radius 1 is 1.25 bits per heavy atom. The van der Waals surface area contributed by atoms with Gasteiger partial charge in [-0.2, -0.15) is 13.5 Å². The number of primary amides is 1. The molecular formula is C14H19N3O6S. The predicted octanol–water partition coefficient (Wildman–Crippen LogP) is 0.633. The standard InChI is InChI=1S/C14H19N3O6S/c1-16(14(19)17-10-6-5-9-12(17)13(15)18)23-24(20,21)22-11-7-3-2-4-8-11/h2-4,7-8,12H,5-6,9-10H2,1H3,(H2,15,18). The van der Waals surface area contributed by atoms with Crippen molar-refractivity contribution in [3.05, 3.63) is 30.3 Å². The van der Waals surface area contributed by atoms with Crippen molar-refractivity contribution in [1.82, 2.24) is 9.96 Å². The van der Waals surface area contributed by atoms with E-state index in [9.17, 15) is 18.0 Å². The molecular weight excluding hydrogens is 338 g/mol. The number of benzene rings is 1. The summed E-state index contributed by atoms with van der Waals surface area (Å²) in [5.74, 6) is -0.592. The monoisotopic (exact) mass is 357 g/mol. The highest BCUT2D eigenvalue weighted by atomic mass is 32.3. The summed E-state index contributed by atoms with van der Waals surface area (Å²) in [5, 5.41) is 0.513. The van der Waals surface area contributed by atoms with Gasteiger partial charge in [0.25, 0.3) is 0 Å². The number of para-hydroxylation sites is 1. The topological polar surface area (TPSA) is 119 Å². The number of hydroxylamine groups is 2. The minimum atomic E-state index is -4.49. The van der Waals surface area contributed by atoms with Crippen LogP contribution in [0.15, 0.2) is 30.3 Å². The molecule has 0 bridgehead atoms. The Balaban J connectivity index is 2.03. The SMILES string of the molecule is CN(OS(=O)(=O)Oc1ccccc1)C(=O)N1CCCCC1C(N)=O. The van der Waals surface area contributed by atoms with Gasteiger partial charge in [0, 0.05) is 13.6 Å². The summed E-state index contributed by atoms with van der Waals surface area (Å²) >= 11 is 0. The maximum atomic E-state index is 12.3. The molecule has 0 spiro atoms. The molecule has 1 atom stereocenters. The van der Waals surface area contributed by atoms with Gasteiger partial charge < -0.3 is 14.8 Å². The van der Waals surface area contributed by atoms with E-state index in [1.54, 1.807) is 18.2 Å². The summed E-state index contributed by atoms with van der Waals surface area (Å²) in [6, 6.07) is 6.16. The van der Waals surface area contributed by atoms with Gasteiger partial charge in [0.2, 0.25) is 5.91 Å². The van der Waals surface area contributed by atoms with E-state index in [1.807, 2.05) is 0 Å². The minimum Gasteiger partial charge on any atom is -0.368 e. The quantitative estimate of drug-likeness (QED) is 0.772. The van der Waals surface area contributed by atoms with Crippen LogP contribution in [0.25, 0.3) is 0 Å². The molecule has 0 aliphatic carbocycles. The van der Waals surface area contributed by atoms with E-state index < -0.39 is 28.4 Å². The zero-order valence-corrected chi connectivity index (χ0v) is 13.9. The maximum absolute atomic E-state index is 12.3. The summed E-state index contributed by atoms with van der Waals surface area (Å²) < 4.78 is 33.1. The Morgan fingerprint density at radius 2 is 1.92 bits per heavy atom. The minimum absolute atomic E-state index is 0.0475. The Morgan fingerprint density at radius 3 is 2.54 bits per heavy atom. The van der Waals surface area contributed by atoms with Crippen LogP contribution in [-0.2, 0) is 19.5 Å². The lowest BCUT2D eigenvalue weighted by atomic mass is 10.0. The summed E-state index contributed by atoms with van der Waals surface area (Å²) in [7, 11) is -3.37. The molecule has 2 rings (SSSR count). The third-order valence-corrected chi connectivity index (χ3v) is 4.29. The van der Waals surface area contributed by atoms with Crippen molar-refractivity contribution in [3.8, 4) is 5.75 Å². The number of hydrogen-bond acceptors (Lipinski definition) is 6. The number of likely N-dealkylation sites (tertiary alicyclic amines) is 1. The number of amides is 3. The van der Waals surface area contributed by atoms with Gasteiger partial charge in [-0.25, -0.2) is 4.79 Å². The lowest BCUT2D eigenvalue weighted by molar-refractivity contribution is -0.124. The van der Waals surface area contributed by atoms with Gasteiger partial charge in [0.15, 0.2) is 0 Å². The van der Waals surface area contributed by atoms with Crippen molar-refractivity contribution in [2.24, 2.45) is 5.73 Å². The lowest BCUT2D eigenvalue weighted by Gasteiger charge is -2.35. The molecule has 1 aliphatic heterocycles. The predicted molar refractivity (Wildman–Crippen MR) is 83.8 cm³/mol. The van der Waals surface area contributed by atoms with E-state index >= 15 is 0 Å². The van der Waals surface area contributed by atoms with Gasteiger partial charge in [0.1, 0.15) is 11.8 Å². The summed E-state index contributed by atoms with van der Waals surface area (Å²) in [6.45, 7) is 0.291. The van der Waals surface area contributed by atoms with Crippen LogP contribution in [0.5, 0.6) is 5.75 Å². The van der Waals surface area contributed by atoms with Gasteiger partial charge >= 0.3 is 16.4 Å². The number of piperidine rings is 1. The number of carbonyl (C=O) groups excluding carboxylic acids is 2. The Hall–Kier alpha value is -2.33. The summed E-state index contributed by atoms with van der Waals surface area (Å²) in [6.07, 6.45) is 1.89. The Kier molecular flexibility index (Phi) is 5.62. The second-order valence-corrected chi connectivity index (χ2v) is 6.40. The number of rotatable bonds is 5. The van der Waals surface area contributed by atoms with E-state index in [1.165, 1.54) is 17.0 Å². The Labute approximate surface area is 140 Å². The largest absolute Gasteiger partial charge is 0.470 e. The third-order valence-electron chi connectivity index (χ3n) is 3.49. The van der Waals surface area contributed by atoms with Crippen LogP contribution < -0.4 is 9.92 Å². The first-order valence-electron chi connectivity index (χ1n) is 7.33. The zero-order valence-electron chi connectivity index (χ0n) is 13.1. The van der Waals surface area contributed by atoms with Crippen LogP contribution in [-0.4, -0.2) is 50.0 Å². The van der Waals surface area contributed by atoms with Crippen molar-refractivity contribution in [3.63, 3.8) is 0 Å². The summed E-state index contributed by atoms with van der Waals surface area (Å²) in [5.41, 5.74) is 5.29. The van der Waals surface area contributed by atoms with Gasteiger partial charge in [0.05, 0.1) is 0 Å². The zero-order chi connectivity index (χ0) is 17.7. The molecule has 132 valence electrons. The first kappa shape index (κ1) is 18.0. The van der Waals surface area contributed by atoms with Crippen LogP contribution >= 0.6 is 0 Å². The lowest BCUT2D eigenvalue weighted by Crippen LogP contribution is -2.54. The molecule has 10 heteroatoms. The summed E-state index contributed by atoms with van der Waals surface area (Å²) in [4.78, 5) is 25.0. The molecule has 1 aliphatic rings. The van der Waals surface area contributed by atoms with Crippen molar-refractivity contribution in [2.75, 3.05) is 13.6 Å². The molecule has 1 aromatic rings. The van der Waals surface area contributed by atoms with Gasteiger partial charge in [-0.15, -0.1) is 4.28 Å². The molecule has 24 heavy (non-hydrogen) atoms. The van der Waals surface area contributed by atoms with Crippen LogP contribution in [0.1, 0.15) is 19.3 Å². The average Bonchev–Trinajstić information content (AvgIpc) is 2.54. The molecule has 1 unspecified atom stereocenters. The second-order valence-electron chi connectivity index (χ2n) is 5.27. The van der Waals surface area contributed by atoms with Gasteiger partial charge in [-0.05, 0) is 31.4 Å². The van der Waals surface area contributed by atoms with Crippen LogP contribution in [0.4, 0.5) is 4.79 Å². The third kappa shape index (κ3) is 4.59. The fourth-order valence-electron chi connectivity index (χ4n) is 2.42. The smallest absolute Gasteiger partial charge is 0.368 e. The van der Waals surface area contributed by atoms with Crippen molar-refractivity contribution >= 4 is 22.3 Å². The number of nitrogens with two attached hydrogens (primary N) is 1. The highest BCUT2D eigenvalue weighted by Gasteiger charge is 2.34. The molecule has 1 saturated heterocycles. The van der Waals surface area contributed by atoms with Crippen molar-refractivity contribution in [1.29, 1.82) is 0 Å². The molecule has 1 fully saturated rings. The number of carbonyl (C=O) groups is 2. The van der Waals surface area contributed by atoms with Crippen molar-refractivity contribution < 1.29 is 26.5 Å². The molecule has 0 aromatic heterocycles. The second kappa shape index (κ2) is 7.49. The van der Waals surface area contributed by atoms with Crippen molar-refractivity contribution in [2.45, 2.75) is 25.3 Å². The highest BCUT2D eigenvalue weighted by Crippen LogP contribution is 2.19. The van der Waals surface area contributed by atoms with E-state index in [4.69, 9.17) is 9.92 Å².